The maximum Gasteiger partial charge on any atom is 0.262 e. The van der Waals surface area contributed by atoms with Crippen molar-refractivity contribution in [1.82, 2.24) is 14.5 Å². The Labute approximate surface area is 179 Å². The van der Waals surface area contributed by atoms with E-state index in [1.54, 1.807) is 16.7 Å². The Kier molecular flexibility index (Phi) is 6.30. The molecule has 4 rings (SSSR count). The van der Waals surface area contributed by atoms with Gasteiger partial charge in [-0.05, 0) is 17.7 Å². The van der Waals surface area contributed by atoms with Crippen LogP contribution in [-0.4, -0.2) is 46.7 Å². The predicted molar refractivity (Wildman–Crippen MR) is 119 cm³/mol. The van der Waals surface area contributed by atoms with Gasteiger partial charge in [-0.15, -0.1) is 6.58 Å². The Hall–Kier alpha value is -2.90. The van der Waals surface area contributed by atoms with E-state index in [4.69, 9.17) is 9.72 Å². The largest absolute Gasteiger partial charge is 0.378 e. The molecule has 154 valence electrons. The second-order valence-corrected chi connectivity index (χ2v) is 8.03. The summed E-state index contributed by atoms with van der Waals surface area (Å²) in [6.45, 7) is 6.30. The van der Waals surface area contributed by atoms with Crippen LogP contribution in [0.2, 0.25) is 0 Å². The lowest BCUT2D eigenvalue weighted by Crippen LogP contribution is -2.42. The summed E-state index contributed by atoms with van der Waals surface area (Å²) >= 11 is 1.31. The number of hydrogen-bond donors (Lipinski definition) is 0. The molecule has 0 radical (unpaired) electrons. The molecule has 1 unspecified atom stereocenters. The predicted octanol–water partition coefficient (Wildman–Crippen LogP) is 3.27. The molecule has 1 saturated heterocycles. The van der Waals surface area contributed by atoms with Gasteiger partial charge in [-0.3, -0.25) is 14.2 Å². The van der Waals surface area contributed by atoms with Crippen LogP contribution in [0.15, 0.2) is 77.2 Å². The summed E-state index contributed by atoms with van der Waals surface area (Å²) in [5.74, 6) is 0.00191. The summed E-state index contributed by atoms with van der Waals surface area (Å²) in [6.07, 6.45) is 1.67. The smallest absolute Gasteiger partial charge is 0.262 e. The van der Waals surface area contributed by atoms with E-state index in [9.17, 15) is 9.59 Å². The van der Waals surface area contributed by atoms with Gasteiger partial charge < -0.3 is 9.64 Å². The number of nitrogens with zero attached hydrogens (tertiary/aromatic N) is 3. The van der Waals surface area contributed by atoms with Gasteiger partial charge >= 0.3 is 0 Å². The summed E-state index contributed by atoms with van der Waals surface area (Å²) in [4.78, 5) is 33.1. The van der Waals surface area contributed by atoms with Gasteiger partial charge in [0.1, 0.15) is 5.25 Å². The van der Waals surface area contributed by atoms with E-state index in [1.807, 2.05) is 53.4 Å². The normalized spacial score (nSPS) is 15.1. The van der Waals surface area contributed by atoms with Crippen LogP contribution in [0.4, 0.5) is 0 Å². The molecule has 6 nitrogen and oxygen atoms in total. The lowest BCUT2D eigenvalue weighted by atomic mass is 10.1. The first-order valence-corrected chi connectivity index (χ1v) is 10.8. The first-order valence-electron chi connectivity index (χ1n) is 9.87. The third kappa shape index (κ3) is 4.17. The van der Waals surface area contributed by atoms with Crippen LogP contribution in [0.3, 0.4) is 0 Å². The number of benzene rings is 2. The van der Waals surface area contributed by atoms with Gasteiger partial charge in [0.15, 0.2) is 5.16 Å². The van der Waals surface area contributed by atoms with E-state index in [1.165, 1.54) is 11.8 Å². The van der Waals surface area contributed by atoms with Gasteiger partial charge in [-0.25, -0.2) is 4.98 Å². The van der Waals surface area contributed by atoms with Crippen molar-refractivity contribution in [1.29, 1.82) is 0 Å². The molecule has 1 aliphatic rings. The number of para-hydroxylation sites is 1. The van der Waals surface area contributed by atoms with Crippen molar-refractivity contribution in [3.63, 3.8) is 0 Å². The highest BCUT2D eigenvalue weighted by molar-refractivity contribution is 8.00. The molecular weight excluding hydrogens is 398 g/mol. The molecule has 3 aromatic rings. The molecule has 1 amide bonds. The minimum absolute atomic E-state index is 0.00191. The molecule has 1 fully saturated rings. The molecule has 1 atom stereocenters. The van der Waals surface area contributed by atoms with E-state index in [0.717, 1.165) is 5.56 Å². The molecule has 2 heterocycles. The molecule has 0 spiro atoms. The maximum atomic E-state index is 13.4. The first kappa shape index (κ1) is 20.4. The van der Waals surface area contributed by atoms with Crippen LogP contribution in [0, 0.1) is 0 Å². The zero-order chi connectivity index (χ0) is 20.9. The molecule has 2 aromatic carbocycles. The van der Waals surface area contributed by atoms with E-state index in [-0.39, 0.29) is 11.5 Å². The molecule has 1 aromatic heterocycles. The zero-order valence-corrected chi connectivity index (χ0v) is 17.4. The van der Waals surface area contributed by atoms with Crippen LogP contribution >= 0.6 is 11.8 Å². The van der Waals surface area contributed by atoms with Crippen LogP contribution in [0.25, 0.3) is 10.9 Å². The third-order valence-corrected chi connectivity index (χ3v) is 6.24. The highest BCUT2D eigenvalue weighted by Crippen LogP contribution is 2.36. The van der Waals surface area contributed by atoms with E-state index < -0.39 is 5.25 Å². The lowest BCUT2D eigenvalue weighted by Gasteiger charge is -2.30. The number of fused-ring (bicyclic) bond motifs is 1. The fraction of sp³-hybridized carbons (Fsp3) is 0.261. The summed E-state index contributed by atoms with van der Waals surface area (Å²) in [5.41, 5.74) is 1.37. The standard InChI is InChI=1S/C23H23N3O3S/c1-2-12-26-21(27)18-10-6-7-11-19(18)24-23(26)30-20(17-8-4-3-5-9-17)22(28)25-13-15-29-16-14-25/h2-11,20H,1,12-16H2. The number of amides is 1. The SMILES string of the molecule is C=CCn1c(SC(C(=O)N2CCOCC2)c2ccccc2)nc2ccccc2c1=O. The minimum Gasteiger partial charge on any atom is -0.378 e. The topological polar surface area (TPSA) is 64.4 Å². The summed E-state index contributed by atoms with van der Waals surface area (Å²) in [6, 6.07) is 16.9. The number of aromatic nitrogens is 2. The fourth-order valence-corrected chi connectivity index (χ4v) is 4.66. The number of carbonyl (C=O) groups is 1. The van der Waals surface area contributed by atoms with Crippen LogP contribution in [0.5, 0.6) is 0 Å². The average Bonchev–Trinajstić information content (AvgIpc) is 2.80. The number of morpholine rings is 1. The molecular formula is C23H23N3O3S. The van der Waals surface area contributed by atoms with Gasteiger partial charge in [-0.1, -0.05) is 60.3 Å². The van der Waals surface area contributed by atoms with Crippen LogP contribution < -0.4 is 5.56 Å². The highest BCUT2D eigenvalue weighted by Gasteiger charge is 2.30. The Bertz CT molecular complexity index is 1110. The summed E-state index contributed by atoms with van der Waals surface area (Å²) < 4.78 is 6.98. The molecule has 0 saturated carbocycles. The fourth-order valence-electron chi connectivity index (χ4n) is 3.47. The van der Waals surface area contributed by atoms with Crippen LogP contribution in [0.1, 0.15) is 10.8 Å². The Morgan fingerprint density at radius 2 is 1.83 bits per heavy atom. The summed E-state index contributed by atoms with van der Waals surface area (Å²) in [5, 5.41) is 0.557. The zero-order valence-electron chi connectivity index (χ0n) is 16.6. The number of carbonyl (C=O) groups excluding carboxylic acids is 1. The van der Waals surface area contributed by atoms with Gasteiger partial charge in [0.05, 0.1) is 24.1 Å². The number of ether oxygens (including phenoxy) is 1. The van der Waals surface area contributed by atoms with E-state index >= 15 is 0 Å². The molecule has 0 aliphatic carbocycles. The van der Waals surface area contributed by atoms with Crippen LogP contribution in [-0.2, 0) is 16.1 Å². The third-order valence-electron chi connectivity index (χ3n) is 5.01. The highest BCUT2D eigenvalue weighted by atomic mass is 32.2. The molecule has 0 N–H and O–H groups in total. The van der Waals surface area contributed by atoms with Crippen molar-refractivity contribution in [3.8, 4) is 0 Å². The lowest BCUT2D eigenvalue weighted by molar-refractivity contribution is -0.134. The first-order chi connectivity index (χ1) is 14.7. The number of rotatable bonds is 6. The van der Waals surface area contributed by atoms with Crippen molar-refractivity contribution in [2.45, 2.75) is 17.0 Å². The number of hydrogen-bond acceptors (Lipinski definition) is 5. The quantitative estimate of drug-likeness (QED) is 0.347. The van der Waals surface area contributed by atoms with Gasteiger partial charge in [0.25, 0.3) is 5.56 Å². The molecule has 7 heteroatoms. The molecule has 0 bridgehead atoms. The average molecular weight is 422 g/mol. The minimum atomic E-state index is -0.506. The monoisotopic (exact) mass is 421 g/mol. The van der Waals surface area contributed by atoms with Crippen molar-refractivity contribution in [2.75, 3.05) is 26.3 Å². The molecule has 30 heavy (non-hydrogen) atoms. The van der Waals surface area contributed by atoms with Crippen molar-refractivity contribution >= 4 is 28.6 Å². The maximum absolute atomic E-state index is 13.4. The second kappa shape index (κ2) is 9.28. The van der Waals surface area contributed by atoms with Gasteiger partial charge in [0.2, 0.25) is 5.91 Å². The number of thioether (sulfide) groups is 1. The van der Waals surface area contributed by atoms with E-state index in [2.05, 4.69) is 6.58 Å². The van der Waals surface area contributed by atoms with E-state index in [0.29, 0.717) is 48.9 Å². The Morgan fingerprint density at radius 3 is 2.57 bits per heavy atom. The van der Waals surface area contributed by atoms with Gasteiger partial charge in [0, 0.05) is 19.6 Å². The summed E-state index contributed by atoms with van der Waals surface area (Å²) in [7, 11) is 0. The Balaban J connectivity index is 1.78. The van der Waals surface area contributed by atoms with Gasteiger partial charge in [-0.2, -0.15) is 0 Å². The number of allylic oxidation sites excluding steroid dienone is 1. The van der Waals surface area contributed by atoms with Crippen molar-refractivity contribution < 1.29 is 9.53 Å². The Morgan fingerprint density at radius 1 is 1.13 bits per heavy atom. The second-order valence-electron chi connectivity index (χ2n) is 6.96. The molecule has 1 aliphatic heterocycles. The van der Waals surface area contributed by atoms with Crippen molar-refractivity contribution in [2.24, 2.45) is 0 Å². The van der Waals surface area contributed by atoms with Crippen molar-refractivity contribution in [3.05, 3.63) is 83.2 Å².